The maximum Gasteiger partial charge on any atom is 0.282 e. The van der Waals surface area contributed by atoms with E-state index in [4.69, 9.17) is 4.74 Å². The highest BCUT2D eigenvalue weighted by Crippen LogP contribution is 2.18. The molecule has 0 saturated heterocycles. The van der Waals surface area contributed by atoms with Crippen LogP contribution < -0.4 is 15.0 Å². The summed E-state index contributed by atoms with van der Waals surface area (Å²) in [5.41, 5.74) is 3.48. The molecule has 4 nitrogen and oxygen atoms in total. The lowest BCUT2D eigenvalue weighted by Gasteiger charge is -2.28. The van der Waals surface area contributed by atoms with E-state index in [1.807, 2.05) is 44.2 Å². The SMILES string of the molecule is CCOc1ccc(NC(=O)[C@H](C)[NH+]2CC=C(c3ccccc3)CC2)cc1. The molecule has 136 valence electrons. The molecule has 0 fully saturated rings. The van der Waals surface area contributed by atoms with Gasteiger partial charge in [0.2, 0.25) is 0 Å². The van der Waals surface area contributed by atoms with Crippen molar-refractivity contribution in [2.75, 3.05) is 25.0 Å². The minimum Gasteiger partial charge on any atom is -0.494 e. The van der Waals surface area contributed by atoms with Gasteiger partial charge in [-0.3, -0.25) is 4.79 Å². The van der Waals surface area contributed by atoms with Crippen LogP contribution in [0.15, 0.2) is 60.7 Å². The van der Waals surface area contributed by atoms with Crippen molar-refractivity contribution in [1.82, 2.24) is 0 Å². The summed E-state index contributed by atoms with van der Waals surface area (Å²) in [5, 5.41) is 3.02. The van der Waals surface area contributed by atoms with Crippen LogP contribution in [0, 0.1) is 0 Å². The summed E-state index contributed by atoms with van der Waals surface area (Å²) < 4.78 is 5.43. The van der Waals surface area contributed by atoms with Crippen molar-refractivity contribution in [3.8, 4) is 5.75 Å². The summed E-state index contributed by atoms with van der Waals surface area (Å²) in [7, 11) is 0. The highest BCUT2D eigenvalue weighted by molar-refractivity contribution is 5.93. The molecule has 2 aromatic rings. The minimum absolute atomic E-state index is 0.0562. The van der Waals surface area contributed by atoms with Crippen LogP contribution in [0.3, 0.4) is 0 Å². The molecule has 1 amide bonds. The van der Waals surface area contributed by atoms with Gasteiger partial charge in [0.1, 0.15) is 5.75 Å². The van der Waals surface area contributed by atoms with Gasteiger partial charge in [0.15, 0.2) is 6.04 Å². The third kappa shape index (κ3) is 4.52. The molecule has 1 heterocycles. The molecule has 1 unspecified atom stereocenters. The molecule has 4 heteroatoms. The van der Waals surface area contributed by atoms with Crippen molar-refractivity contribution >= 4 is 17.2 Å². The van der Waals surface area contributed by atoms with Gasteiger partial charge in [-0.1, -0.05) is 30.3 Å². The van der Waals surface area contributed by atoms with Crippen molar-refractivity contribution in [2.24, 2.45) is 0 Å². The number of quaternary nitrogens is 1. The quantitative estimate of drug-likeness (QED) is 0.840. The molecule has 0 aromatic heterocycles. The first kappa shape index (κ1) is 18.2. The van der Waals surface area contributed by atoms with Crippen molar-refractivity contribution in [1.29, 1.82) is 0 Å². The number of ether oxygens (including phenoxy) is 1. The summed E-state index contributed by atoms with van der Waals surface area (Å²) in [6.45, 7) is 6.44. The van der Waals surface area contributed by atoms with E-state index in [0.717, 1.165) is 30.9 Å². The first-order valence-corrected chi connectivity index (χ1v) is 9.30. The van der Waals surface area contributed by atoms with Gasteiger partial charge in [0.05, 0.1) is 19.7 Å². The van der Waals surface area contributed by atoms with Gasteiger partial charge in [-0.2, -0.15) is 0 Å². The Morgan fingerprint density at radius 3 is 2.50 bits per heavy atom. The van der Waals surface area contributed by atoms with E-state index in [-0.39, 0.29) is 11.9 Å². The van der Waals surface area contributed by atoms with Crippen LogP contribution in [0.25, 0.3) is 5.57 Å². The Morgan fingerprint density at radius 2 is 1.88 bits per heavy atom. The van der Waals surface area contributed by atoms with Gasteiger partial charge in [-0.25, -0.2) is 0 Å². The summed E-state index contributed by atoms with van der Waals surface area (Å²) in [5.74, 6) is 0.875. The normalized spacial score (nSPS) is 17.9. The first-order valence-electron chi connectivity index (χ1n) is 9.30. The average Bonchev–Trinajstić information content (AvgIpc) is 2.70. The van der Waals surface area contributed by atoms with Gasteiger partial charge >= 0.3 is 0 Å². The number of carbonyl (C=O) groups excluding carboxylic acids is 1. The Labute approximate surface area is 155 Å². The zero-order chi connectivity index (χ0) is 18.4. The van der Waals surface area contributed by atoms with Crippen molar-refractivity contribution in [3.63, 3.8) is 0 Å². The number of nitrogens with one attached hydrogen (secondary N) is 2. The second-order valence-corrected chi connectivity index (χ2v) is 6.63. The van der Waals surface area contributed by atoms with Crippen LogP contribution in [0.4, 0.5) is 5.69 Å². The predicted octanol–water partition coefficient (Wildman–Crippen LogP) is 2.78. The number of carbonyl (C=O) groups is 1. The number of benzene rings is 2. The lowest BCUT2D eigenvalue weighted by atomic mass is 9.99. The van der Waals surface area contributed by atoms with E-state index >= 15 is 0 Å². The summed E-state index contributed by atoms with van der Waals surface area (Å²) >= 11 is 0. The molecule has 0 radical (unpaired) electrons. The number of amides is 1. The largest absolute Gasteiger partial charge is 0.494 e. The average molecular weight is 351 g/mol. The van der Waals surface area contributed by atoms with Crippen molar-refractivity contribution < 1.29 is 14.4 Å². The van der Waals surface area contributed by atoms with Gasteiger partial charge in [0, 0.05) is 12.1 Å². The maximum atomic E-state index is 12.6. The molecule has 2 N–H and O–H groups in total. The molecule has 1 aliphatic rings. The van der Waals surface area contributed by atoms with Crippen molar-refractivity contribution in [2.45, 2.75) is 26.3 Å². The third-order valence-corrected chi connectivity index (χ3v) is 4.91. The van der Waals surface area contributed by atoms with Crippen LogP contribution in [-0.2, 0) is 4.79 Å². The van der Waals surface area contributed by atoms with Gasteiger partial charge < -0.3 is 15.0 Å². The molecule has 0 aliphatic carbocycles. The molecular formula is C22H27N2O2+. The Morgan fingerprint density at radius 1 is 1.15 bits per heavy atom. The highest BCUT2D eigenvalue weighted by atomic mass is 16.5. The van der Waals surface area contributed by atoms with E-state index < -0.39 is 0 Å². The zero-order valence-corrected chi connectivity index (χ0v) is 15.5. The van der Waals surface area contributed by atoms with E-state index in [0.29, 0.717) is 6.61 Å². The highest BCUT2D eigenvalue weighted by Gasteiger charge is 2.27. The summed E-state index contributed by atoms with van der Waals surface area (Å²) in [6.07, 6.45) is 3.27. The molecule has 0 bridgehead atoms. The standard InChI is InChI=1S/C22H26N2O2/c1-3-26-21-11-9-20(10-12-21)23-22(25)17(2)24-15-13-19(14-16-24)18-7-5-4-6-8-18/h4-13,17H,3,14-16H2,1-2H3,(H,23,25)/p+1/t17-/m0/s1. The molecule has 0 saturated carbocycles. The van der Waals surface area contributed by atoms with Gasteiger partial charge in [-0.15, -0.1) is 0 Å². The predicted molar refractivity (Wildman–Crippen MR) is 105 cm³/mol. The molecule has 2 atom stereocenters. The van der Waals surface area contributed by atoms with Crippen LogP contribution >= 0.6 is 0 Å². The fourth-order valence-electron chi connectivity index (χ4n) is 3.30. The smallest absolute Gasteiger partial charge is 0.282 e. The molecule has 0 spiro atoms. The second kappa shape index (κ2) is 8.68. The van der Waals surface area contributed by atoms with Crippen LogP contribution in [0.2, 0.25) is 0 Å². The van der Waals surface area contributed by atoms with Crippen LogP contribution in [0.1, 0.15) is 25.8 Å². The lowest BCUT2D eigenvalue weighted by molar-refractivity contribution is -0.909. The molecule has 1 aliphatic heterocycles. The molecule has 26 heavy (non-hydrogen) atoms. The Kier molecular flexibility index (Phi) is 6.08. The Balaban J connectivity index is 1.56. The minimum atomic E-state index is -0.0878. The fourth-order valence-corrected chi connectivity index (χ4v) is 3.30. The molecule has 2 aromatic carbocycles. The monoisotopic (exact) mass is 351 g/mol. The van der Waals surface area contributed by atoms with Crippen molar-refractivity contribution in [3.05, 3.63) is 66.2 Å². The number of anilines is 1. The lowest BCUT2D eigenvalue weighted by Crippen LogP contribution is -3.17. The number of hydrogen-bond donors (Lipinski definition) is 2. The number of rotatable bonds is 6. The van der Waals surface area contributed by atoms with E-state index in [9.17, 15) is 4.79 Å². The Hall–Kier alpha value is -2.59. The van der Waals surface area contributed by atoms with Gasteiger partial charge in [-0.05, 0) is 55.3 Å². The second-order valence-electron chi connectivity index (χ2n) is 6.63. The molecular weight excluding hydrogens is 324 g/mol. The van der Waals surface area contributed by atoms with Crippen LogP contribution in [0.5, 0.6) is 5.75 Å². The molecule has 3 rings (SSSR count). The Bertz CT molecular complexity index is 753. The zero-order valence-electron chi connectivity index (χ0n) is 15.5. The summed E-state index contributed by atoms with van der Waals surface area (Å²) in [4.78, 5) is 13.9. The number of hydrogen-bond acceptors (Lipinski definition) is 2. The first-order chi connectivity index (χ1) is 12.7. The third-order valence-electron chi connectivity index (χ3n) is 4.91. The van der Waals surface area contributed by atoms with E-state index in [1.54, 1.807) is 0 Å². The summed E-state index contributed by atoms with van der Waals surface area (Å²) in [6, 6.07) is 17.9. The van der Waals surface area contributed by atoms with Gasteiger partial charge in [0.25, 0.3) is 5.91 Å². The topological polar surface area (TPSA) is 42.8 Å². The maximum absolute atomic E-state index is 12.6. The fraction of sp³-hybridized carbons (Fsp3) is 0.318. The van der Waals surface area contributed by atoms with Crippen LogP contribution in [-0.4, -0.2) is 31.6 Å². The van der Waals surface area contributed by atoms with E-state index in [1.165, 1.54) is 16.0 Å². The van der Waals surface area contributed by atoms with E-state index in [2.05, 4.69) is 35.7 Å².